The summed E-state index contributed by atoms with van der Waals surface area (Å²) in [6, 6.07) is 0. The molecule has 0 atom stereocenters. The number of esters is 1. The van der Waals surface area contributed by atoms with E-state index in [1.165, 1.54) is 0 Å². The zero-order valence-electron chi connectivity index (χ0n) is 9.63. The van der Waals surface area contributed by atoms with Crippen LogP contribution in [0.5, 0.6) is 0 Å². The molecular formula is C11H19NO3. The Labute approximate surface area is 90.7 Å². The van der Waals surface area contributed by atoms with Crippen LogP contribution in [0.1, 0.15) is 27.2 Å². The molecule has 0 aliphatic carbocycles. The van der Waals surface area contributed by atoms with E-state index in [9.17, 15) is 9.59 Å². The van der Waals surface area contributed by atoms with Crippen LogP contribution in [0, 0.1) is 5.41 Å². The van der Waals surface area contributed by atoms with Crippen molar-refractivity contribution in [2.24, 2.45) is 5.41 Å². The Bertz CT molecular complexity index is 241. The van der Waals surface area contributed by atoms with E-state index in [4.69, 9.17) is 4.74 Å². The standard InChI is InChI=1S/C11H19NO3/c1-5-10(14)15-7-6-12-9(13)8-11(2,3)4/h5H,1,6-8H2,2-4H3,(H,12,13). The van der Waals surface area contributed by atoms with Crippen molar-refractivity contribution in [3.63, 3.8) is 0 Å². The van der Waals surface area contributed by atoms with Crippen molar-refractivity contribution in [3.8, 4) is 0 Å². The summed E-state index contributed by atoms with van der Waals surface area (Å²) in [7, 11) is 0. The van der Waals surface area contributed by atoms with E-state index >= 15 is 0 Å². The molecule has 0 aliphatic rings. The first-order chi connectivity index (χ1) is 6.85. The molecule has 0 aromatic heterocycles. The lowest BCUT2D eigenvalue weighted by Gasteiger charge is -2.17. The summed E-state index contributed by atoms with van der Waals surface area (Å²) in [6.45, 7) is 9.76. The molecular weight excluding hydrogens is 194 g/mol. The highest BCUT2D eigenvalue weighted by Gasteiger charge is 2.15. The summed E-state index contributed by atoms with van der Waals surface area (Å²) >= 11 is 0. The smallest absolute Gasteiger partial charge is 0.330 e. The van der Waals surface area contributed by atoms with Gasteiger partial charge in [0.1, 0.15) is 6.61 Å². The quantitative estimate of drug-likeness (QED) is 0.425. The van der Waals surface area contributed by atoms with Crippen molar-refractivity contribution in [3.05, 3.63) is 12.7 Å². The molecule has 0 saturated heterocycles. The first kappa shape index (κ1) is 13.7. The topological polar surface area (TPSA) is 55.4 Å². The van der Waals surface area contributed by atoms with Crippen molar-refractivity contribution in [1.82, 2.24) is 5.32 Å². The predicted molar refractivity (Wildman–Crippen MR) is 58.2 cm³/mol. The summed E-state index contributed by atoms with van der Waals surface area (Å²) in [5.41, 5.74) is -0.0259. The third-order valence-corrected chi connectivity index (χ3v) is 1.53. The normalized spacial score (nSPS) is 10.6. The van der Waals surface area contributed by atoms with E-state index in [-0.39, 0.29) is 17.9 Å². The molecule has 0 aromatic rings. The molecule has 0 heterocycles. The van der Waals surface area contributed by atoms with Gasteiger partial charge in [0.2, 0.25) is 5.91 Å². The predicted octanol–water partition coefficient (Wildman–Crippen LogP) is 1.27. The van der Waals surface area contributed by atoms with Gasteiger partial charge in [0.25, 0.3) is 0 Å². The summed E-state index contributed by atoms with van der Waals surface area (Å²) < 4.78 is 4.70. The fraction of sp³-hybridized carbons (Fsp3) is 0.636. The van der Waals surface area contributed by atoms with Crippen LogP contribution >= 0.6 is 0 Å². The Hall–Kier alpha value is -1.32. The van der Waals surface area contributed by atoms with Gasteiger partial charge in [0.05, 0.1) is 6.54 Å². The third-order valence-electron chi connectivity index (χ3n) is 1.53. The van der Waals surface area contributed by atoms with E-state index in [1.807, 2.05) is 20.8 Å². The summed E-state index contributed by atoms with van der Waals surface area (Å²) in [5.74, 6) is -0.503. The maximum Gasteiger partial charge on any atom is 0.330 e. The van der Waals surface area contributed by atoms with Crippen molar-refractivity contribution in [2.45, 2.75) is 27.2 Å². The van der Waals surface area contributed by atoms with Gasteiger partial charge in [0.15, 0.2) is 0 Å². The van der Waals surface area contributed by atoms with Crippen LogP contribution in [0.4, 0.5) is 0 Å². The molecule has 0 spiro atoms. The number of hydrogen-bond donors (Lipinski definition) is 1. The van der Waals surface area contributed by atoms with E-state index in [2.05, 4.69) is 11.9 Å². The minimum atomic E-state index is -0.472. The highest BCUT2D eigenvalue weighted by molar-refractivity contribution is 5.81. The SMILES string of the molecule is C=CC(=O)OCCNC(=O)CC(C)(C)C. The number of hydrogen-bond acceptors (Lipinski definition) is 3. The van der Waals surface area contributed by atoms with Gasteiger partial charge in [-0.05, 0) is 5.41 Å². The second kappa shape index (κ2) is 6.22. The van der Waals surface area contributed by atoms with Crippen LogP contribution in [0.3, 0.4) is 0 Å². The van der Waals surface area contributed by atoms with Crippen molar-refractivity contribution >= 4 is 11.9 Å². The Morgan fingerprint density at radius 3 is 2.47 bits per heavy atom. The second-order valence-electron chi connectivity index (χ2n) is 4.46. The number of ether oxygens (including phenoxy) is 1. The number of nitrogens with one attached hydrogen (secondary N) is 1. The fourth-order valence-electron chi connectivity index (χ4n) is 0.945. The lowest BCUT2D eigenvalue weighted by molar-refractivity contribution is -0.138. The van der Waals surface area contributed by atoms with Gasteiger partial charge in [-0.1, -0.05) is 27.4 Å². The highest BCUT2D eigenvalue weighted by atomic mass is 16.5. The zero-order valence-corrected chi connectivity index (χ0v) is 9.63. The Morgan fingerprint density at radius 2 is 2.00 bits per heavy atom. The second-order valence-corrected chi connectivity index (χ2v) is 4.46. The summed E-state index contributed by atoms with van der Waals surface area (Å²) in [4.78, 5) is 21.9. The molecule has 0 radical (unpaired) electrons. The Morgan fingerprint density at radius 1 is 1.40 bits per heavy atom. The average molecular weight is 213 g/mol. The number of carbonyl (C=O) groups excluding carboxylic acids is 2. The molecule has 0 fully saturated rings. The van der Waals surface area contributed by atoms with Crippen molar-refractivity contribution in [2.75, 3.05) is 13.2 Å². The van der Waals surface area contributed by atoms with Crippen LogP contribution in [0.15, 0.2) is 12.7 Å². The van der Waals surface area contributed by atoms with Crippen LogP contribution in [0.2, 0.25) is 0 Å². The number of carbonyl (C=O) groups is 2. The molecule has 0 aliphatic heterocycles. The number of amides is 1. The van der Waals surface area contributed by atoms with Crippen LogP contribution in [-0.4, -0.2) is 25.0 Å². The van der Waals surface area contributed by atoms with Crippen LogP contribution in [-0.2, 0) is 14.3 Å². The maximum atomic E-state index is 11.3. The van der Waals surface area contributed by atoms with Gasteiger partial charge >= 0.3 is 5.97 Å². The third kappa shape index (κ3) is 9.00. The van der Waals surface area contributed by atoms with Gasteiger partial charge in [-0.15, -0.1) is 0 Å². The van der Waals surface area contributed by atoms with E-state index in [0.29, 0.717) is 13.0 Å². The molecule has 4 heteroatoms. The molecule has 15 heavy (non-hydrogen) atoms. The lowest BCUT2D eigenvalue weighted by atomic mass is 9.92. The maximum absolute atomic E-state index is 11.3. The molecule has 0 bridgehead atoms. The molecule has 1 N–H and O–H groups in total. The molecule has 4 nitrogen and oxygen atoms in total. The van der Waals surface area contributed by atoms with Crippen LogP contribution in [0.25, 0.3) is 0 Å². The monoisotopic (exact) mass is 213 g/mol. The van der Waals surface area contributed by atoms with E-state index in [0.717, 1.165) is 6.08 Å². The molecule has 0 unspecified atom stereocenters. The lowest BCUT2D eigenvalue weighted by Crippen LogP contribution is -2.30. The van der Waals surface area contributed by atoms with Gasteiger partial charge in [-0.2, -0.15) is 0 Å². The molecule has 0 saturated carbocycles. The van der Waals surface area contributed by atoms with Gasteiger partial charge in [-0.25, -0.2) is 4.79 Å². The molecule has 86 valence electrons. The molecule has 1 amide bonds. The largest absolute Gasteiger partial charge is 0.461 e. The van der Waals surface area contributed by atoms with Gasteiger partial charge in [-0.3, -0.25) is 4.79 Å². The first-order valence-electron chi connectivity index (χ1n) is 4.91. The van der Waals surface area contributed by atoms with Gasteiger partial charge < -0.3 is 10.1 Å². The van der Waals surface area contributed by atoms with Crippen molar-refractivity contribution in [1.29, 1.82) is 0 Å². The Balaban J connectivity index is 3.56. The minimum Gasteiger partial charge on any atom is -0.461 e. The van der Waals surface area contributed by atoms with Crippen LogP contribution < -0.4 is 5.32 Å². The highest BCUT2D eigenvalue weighted by Crippen LogP contribution is 2.17. The van der Waals surface area contributed by atoms with Crippen molar-refractivity contribution < 1.29 is 14.3 Å². The Kier molecular flexibility index (Phi) is 5.67. The molecule has 0 aromatic carbocycles. The van der Waals surface area contributed by atoms with E-state index in [1.54, 1.807) is 0 Å². The molecule has 0 rings (SSSR count). The number of rotatable bonds is 5. The fourth-order valence-corrected chi connectivity index (χ4v) is 0.945. The zero-order chi connectivity index (χ0) is 11.9. The first-order valence-corrected chi connectivity index (χ1v) is 4.91. The van der Waals surface area contributed by atoms with E-state index < -0.39 is 5.97 Å². The minimum absolute atomic E-state index is 0.0259. The summed E-state index contributed by atoms with van der Waals surface area (Å²) in [6.07, 6.45) is 1.55. The van der Waals surface area contributed by atoms with Gasteiger partial charge in [0, 0.05) is 12.5 Å². The average Bonchev–Trinajstić information content (AvgIpc) is 2.09. The summed E-state index contributed by atoms with van der Waals surface area (Å²) in [5, 5.41) is 2.67.